The van der Waals surface area contributed by atoms with Gasteiger partial charge < -0.3 is 9.52 Å². The van der Waals surface area contributed by atoms with Crippen LogP contribution in [0, 0.1) is 20.8 Å². The Bertz CT molecular complexity index is 1780. The molecule has 0 unspecified atom stereocenters. The van der Waals surface area contributed by atoms with Crippen LogP contribution in [0.1, 0.15) is 22.3 Å². The zero-order valence-electron chi connectivity index (χ0n) is 18.7. The van der Waals surface area contributed by atoms with Crippen LogP contribution in [0.4, 0.5) is 0 Å². The molecule has 0 aliphatic carbocycles. The van der Waals surface area contributed by atoms with Gasteiger partial charge in [-0.05, 0) is 56.2 Å². The second kappa shape index (κ2) is 7.80. The lowest BCUT2D eigenvalue weighted by molar-refractivity contribution is 0.469. The molecule has 1 aromatic carbocycles. The lowest BCUT2D eigenvalue weighted by Gasteiger charge is -2.14. The van der Waals surface area contributed by atoms with Crippen LogP contribution in [0.5, 0.6) is 5.75 Å². The number of aromatic nitrogens is 4. The predicted octanol–water partition coefficient (Wildman–Crippen LogP) is 2.93. The summed E-state index contributed by atoms with van der Waals surface area (Å²) in [5.41, 5.74) is 2.01. The molecule has 2 N–H and O–H groups in total. The standard InChI is InChI=1S/C25H20N4O5/c1-12-13(2)24(32)34-21-14(3)20(30)18(9-17(12)21)19-7-6-16-22(27-19)29(25(33)28-23(16)31)11-15-5-4-8-26-10-15/h4-10,30H,11H2,1-3H3,(H,28,31,33). The highest BCUT2D eigenvalue weighted by atomic mass is 16.4. The normalized spacial score (nSPS) is 11.4. The fourth-order valence-corrected chi connectivity index (χ4v) is 4.05. The van der Waals surface area contributed by atoms with E-state index in [1.54, 1.807) is 50.5 Å². The average Bonchev–Trinajstić information content (AvgIpc) is 2.83. The number of fused-ring (bicyclic) bond motifs is 2. The van der Waals surface area contributed by atoms with Gasteiger partial charge in [0, 0.05) is 34.5 Å². The molecular weight excluding hydrogens is 436 g/mol. The number of hydrogen-bond donors (Lipinski definition) is 2. The van der Waals surface area contributed by atoms with Gasteiger partial charge in [-0.2, -0.15) is 0 Å². The van der Waals surface area contributed by atoms with Gasteiger partial charge in [0.15, 0.2) is 5.65 Å². The summed E-state index contributed by atoms with van der Waals surface area (Å²) >= 11 is 0. The Labute approximate surface area is 192 Å². The summed E-state index contributed by atoms with van der Waals surface area (Å²) in [7, 11) is 0. The first-order valence-electron chi connectivity index (χ1n) is 10.6. The number of phenolic OH excluding ortho intramolecular Hbond substituents is 1. The highest BCUT2D eigenvalue weighted by Gasteiger charge is 2.19. The molecule has 0 radical (unpaired) electrons. The number of pyridine rings is 2. The molecule has 0 aliphatic heterocycles. The van der Waals surface area contributed by atoms with Crippen molar-refractivity contribution in [3.8, 4) is 17.0 Å². The maximum atomic E-state index is 12.7. The van der Waals surface area contributed by atoms with E-state index in [2.05, 4.69) is 15.0 Å². The average molecular weight is 456 g/mol. The lowest BCUT2D eigenvalue weighted by atomic mass is 9.98. The van der Waals surface area contributed by atoms with Crippen LogP contribution in [-0.2, 0) is 6.54 Å². The number of hydrogen-bond acceptors (Lipinski definition) is 7. The molecule has 0 spiro atoms. The van der Waals surface area contributed by atoms with E-state index < -0.39 is 16.9 Å². The summed E-state index contributed by atoms with van der Waals surface area (Å²) in [6, 6.07) is 8.45. The largest absolute Gasteiger partial charge is 0.507 e. The maximum absolute atomic E-state index is 12.7. The van der Waals surface area contributed by atoms with E-state index in [0.717, 1.165) is 11.1 Å². The van der Waals surface area contributed by atoms with Crippen molar-refractivity contribution in [1.29, 1.82) is 0 Å². The van der Waals surface area contributed by atoms with E-state index in [1.165, 1.54) is 4.57 Å². The molecule has 9 heteroatoms. The second-order valence-corrected chi connectivity index (χ2v) is 8.19. The minimum Gasteiger partial charge on any atom is -0.507 e. The van der Waals surface area contributed by atoms with Gasteiger partial charge in [0.2, 0.25) is 0 Å². The van der Waals surface area contributed by atoms with Crippen LogP contribution in [0.15, 0.2) is 61.5 Å². The molecular formula is C25H20N4O5. The number of H-pyrrole nitrogens is 1. The molecule has 5 aromatic rings. The van der Waals surface area contributed by atoms with Crippen LogP contribution < -0.4 is 16.9 Å². The van der Waals surface area contributed by atoms with Gasteiger partial charge in [-0.15, -0.1) is 0 Å². The molecule has 4 aromatic heterocycles. The molecule has 0 aliphatic rings. The second-order valence-electron chi connectivity index (χ2n) is 8.19. The van der Waals surface area contributed by atoms with Crippen molar-refractivity contribution in [2.45, 2.75) is 27.3 Å². The summed E-state index contributed by atoms with van der Waals surface area (Å²) < 4.78 is 6.79. The Kier molecular flexibility index (Phi) is 4.89. The number of phenols is 1. The smallest absolute Gasteiger partial charge is 0.339 e. The van der Waals surface area contributed by atoms with Gasteiger partial charge in [0.25, 0.3) is 5.56 Å². The van der Waals surface area contributed by atoms with Crippen molar-refractivity contribution in [2.24, 2.45) is 0 Å². The van der Waals surface area contributed by atoms with Gasteiger partial charge in [-0.25, -0.2) is 14.6 Å². The van der Waals surface area contributed by atoms with E-state index in [1.807, 2.05) is 13.0 Å². The van der Waals surface area contributed by atoms with Crippen molar-refractivity contribution in [2.75, 3.05) is 0 Å². The van der Waals surface area contributed by atoms with Crippen LogP contribution in [0.2, 0.25) is 0 Å². The maximum Gasteiger partial charge on any atom is 0.339 e. The summed E-state index contributed by atoms with van der Waals surface area (Å²) in [4.78, 5) is 48.3. The summed E-state index contributed by atoms with van der Waals surface area (Å²) in [6.45, 7) is 5.31. The minimum absolute atomic E-state index is 0.100. The number of aryl methyl sites for hydroxylation is 2. The van der Waals surface area contributed by atoms with E-state index in [0.29, 0.717) is 33.4 Å². The van der Waals surface area contributed by atoms with Gasteiger partial charge in [0.1, 0.15) is 11.3 Å². The topological polar surface area (TPSA) is 131 Å². The third-order valence-electron chi connectivity index (χ3n) is 6.13. The Hall–Kier alpha value is -4.53. The number of nitrogens with zero attached hydrogens (tertiary/aromatic N) is 3. The molecule has 0 atom stereocenters. The fourth-order valence-electron chi connectivity index (χ4n) is 4.05. The molecule has 34 heavy (non-hydrogen) atoms. The summed E-state index contributed by atoms with van der Waals surface area (Å²) in [5.74, 6) is -0.100. The zero-order chi connectivity index (χ0) is 24.1. The van der Waals surface area contributed by atoms with Crippen molar-refractivity contribution >= 4 is 22.0 Å². The fraction of sp³-hybridized carbons (Fsp3) is 0.160. The quantitative estimate of drug-likeness (QED) is 0.399. The first-order valence-corrected chi connectivity index (χ1v) is 10.6. The highest BCUT2D eigenvalue weighted by Crippen LogP contribution is 2.37. The first-order chi connectivity index (χ1) is 16.3. The van der Waals surface area contributed by atoms with Crippen LogP contribution >= 0.6 is 0 Å². The number of nitrogens with one attached hydrogen (secondary N) is 1. The van der Waals surface area contributed by atoms with E-state index in [9.17, 15) is 19.5 Å². The van der Waals surface area contributed by atoms with E-state index >= 15 is 0 Å². The Morgan fingerprint density at radius 1 is 1.03 bits per heavy atom. The van der Waals surface area contributed by atoms with Gasteiger partial charge in [0.05, 0.1) is 17.6 Å². The third kappa shape index (κ3) is 3.29. The number of rotatable bonds is 3. The summed E-state index contributed by atoms with van der Waals surface area (Å²) in [5, 5.41) is 11.8. The van der Waals surface area contributed by atoms with Crippen molar-refractivity contribution in [3.05, 3.63) is 96.2 Å². The van der Waals surface area contributed by atoms with Crippen molar-refractivity contribution in [3.63, 3.8) is 0 Å². The molecule has 0 bridgehead atoms. The molecule has 4 heterocycles. The van der Waals surface area contributed by atoms with Gasteiger partial charge in [-0.3, -0.25) is 19.3 Å². The van der Waals surface area contributed by atoms with Gasteiger partial charge in [-0.1, -0.05) is 6.07 Å². The van der Waals surface area contributed by atoms with E-state index in [-0.39, 0.29) is 23.3 Å². The molecule has 0 saturated heterocycles. The Balaban J connectivity index is 1.79. The van der Waals surface area contributed by atoms with Crippen LogP contribution in [0.25, 0.3) is 33.3 Å². The molecule has 0 amide bonds. The summed E-state index contributed by atoms with van der Waals surface area (Å²) in [6.07, 6.45) is 3.26. The number of benzene rings is 1. The van der Waals surface area contributed by atoms with Crippen LogP contribution in [-0.4, -0.2) is 24.6 Å². The molecule has 0 fully saturated rings. The highest BCUT2D eigenvalue weighted by molar-refractivity contribution is 5.92. The van der Waals surface area contributed by atoms with Crippen molar-refractivity contribution in [1.82, 2.24) is 19.5 Å². The molecule has 170 valence electrons. The van der Waals surface area contributed by atoms with Gasteiger partial charge >= 0.3 is 11.3 Å². The first kappa shape index (κ1) is 21.3. The SMILES string of the molecule is Cc1c(C)c2cc(-c3ccc4c(=O)[nH]c(=O)n(Cc5cccnc5)c4n3)c(O)c(C)c2oc1=O. The molecule has 9 nitrogen and oxygen atoms in total. The minimum atomic E-state index is -0.599. The lowest BCUT2D eigenvalue weighted by Crippen LogP contribution is -2.31. The Morgan fingerprint density at radius 3 is 2.56 bits per heavy atom. The zero-order valence-corrected chi connectivity index (χ0v) is 18.7. The number of aromatic amines is 1. The monoisotopic (exact) mass is 456 g/mol. The van der Waals surface area contributed by atoms with Crippen LogP contribution in [0.3, 0.4) is 0 Å². The van der Waals surface area contributed by atoms with E-state index in [4.69, 9.17) is 4.42 Å². The molecule has 5 rings (SSSR count). The predicted molar refractivity (Wildman–Crippen MR) is 127 cm³/mol. The third-order valence-corrected chi connectivity index (χ3v) is 6.13. The Morgan fingerprint density at radius 2 is 1.82 bits per heavy atom. The number of aromatic hydroxyl groups is 1. The van der Waals surface area contributed by atoms with Crippen molar-refractivity contribution < 1.29 is 9.52 Å². The molecule has 0 saturated carbocycles.